The second-order valence-electron chi connectivity index (χ2n) is 11.1. The van der Waals surface area contributed by atoms with Crippen molar-refractivity contribution in [2.45, 2.75) is 61.5 Å². The van der Waals surface area contributed by atoms with E-state index >= 15 is 0 Å². The number of sulfonamides is 1. The molecular formula is C28H37N7O2S2. The van der Waals surface area contributed by atoms with Crippen molar-refractivity contribution in [1.29, 1.82) is 0 Å². The molecule has 2 atom stereocenters. The van der Waals surface area contributed by atoms with Crippen LogP contribution in [-0.4, -0.2) is 74.3 Å². The molecule has 9 nitrogen and oxygen atoms in total. The van der Waals surface area contributed by atoms with Gasteiger partial charge in [-0.25, -0.2) is 13.4 Å². The summed E-state index contributed by atoms with van der Waals surface area (Å²) < 4.78 is 30.9. The molecule has 0 radical (unpaired) electrons. The van der Waals surface area contributed by atoms with Crippen LogP contribution in [0.25, 0.3) is 11.5 Å². The quantitative estimate of drug-likeness (QED) is 0.298. The number of aromatic nitrogens is 5. The lowest BCUT2D eigenvalue weighted by molar-refractivity contribution is 0.136. The molecule has 1 aromatic carbocycles. The first kappa shape index (κ1) is 26.9. The Morgan fingerprint density at radius 3 is 2.74 bits per heavy atom. The van der Waals surface area contributed by atoms with Crippen molar-refractivity contribution >= 4 is 21.8 Å². The second kappa shape index (κ2) is 11.6. The Balaban J connectivity index is 1.04. The Morgan fingerprint density at radius 2 is 1.90 bits per heavy atom. The topological polar surface area (TPSA) is 97.1 Å². The maximum absolute atomic E-state index is 13.6. The van der Waals surface area contributed by atoms with Crippen LogP contribution in [0.15, 0.2) is 46.8 Å². The lowest BCUT2D eigenvalue weighted by atomic mass is 9.76. The van der Waals surface area contributed by atoms with Crippen LogP contribution < -0.4 is 0 Å². The molecule has 3 aromatic rings. The third kappa shape index (κ3) is 5.77. The van der Waals surface area contributed by atoms with E-state index in [-0.39, 0.29) is 0 Å². The normalized spacial score (nSPS) is 22.4. The minimum atomic E-state index is -3.45. The maximum atomic E-state index is 13.6. The minimum Gasteiger partial charge on any atom is -0.304 e. The summed E-state index contributed by atoms with van der Waals surface area (Å²) in [6, 6.07) is 5.83. The van der Waals surface area contributed by atoms with Crippen molar-refractivity contribution in [2.24, 2.45) is 18.9 Å². The highest BCUT2D eigenvalue weighted by Crippen LogP contribution is 2.38. The fourth-order valence-electron chi connectivity index (χ4n) is 6.41. The largest absolute Gasteiger partial charge is 0.304 e. The van der Waals surface area contributed by atoms with Gasteiger partial charge in [-0.15, -0.1) is 10.2 Å². The molecular weight excluding hydrogens is 530 g/mol. The van der Waals surface area contributed by atoms with Crippen molar-refractivity contribution < 1.29 is 8.42 Å². The summed E-state index contributed by atoms with van der Waals surface area (Å²) in [7, 11) is -1.49. The molecule has 11 heteroatoms. The number of hydrogen-bond donors (Lipinski definition) is 0. The van der Waals surface area contributed by atoms with E-state index in [0.717, 1.165) is 55.4 Å². The van der Waals surface area contributed by atoms with Gasteiger partial charge in [-0.1, -0.05) is 37.1 Å². The molecule has 3 aliphatic rings. The first-order chi connectivity index (χ1) is 19.0. The molecule has 2 unspecified atom stereocenters. The zero-order valence-electron chi connectivity index (χ0n) is 22.6. The van der Waals surface area contributed by atoms with Crippen LogP contribution in [0.1, 0.15) is 49.7 Å². The average molecular weight is 568 g/mol. The zero-order chi connectivity index (χ0) is 26.8. The van der Waals surface area contributed by atoms with Gasteiger partial charge in [-0.05, 0) is 67.3 Å². The standard InChI is InChI=1S/C28H37N7O2S2/c1-33-27(26-18-29-11-12-30-26)31-32-28(33)38-16-4-13-34-14-9-22-7-8-25(17-24(22)19-34)39(36,37)35-15-10-21-5-2-3-6-23(21)20-35/h7-8,11-12,17-18,21,23H,2-6,9-10,13-16,19-20H2,1H3. The highest BCUT2D eigenvalue weighted by Gasteiger charge is 2.36. The van der Waals surface area contributed by atoms with Crippen LogP contribution in [0, 0.1) is 11.8 Å². The lowest BCUT2D eigenvalue weighted by Gasteiger charge is -2.40. The van der Waals surface area contributed by atoms with E-state index in [1.807, 2.05) is 29.8 Å². The maximum Gasteiger partial charge on any atom is 0.243 e. The van der Waals surface area contributed by atoms with Gasteiger partial charge in [-0.2, -0.15) is 4.31 Å². The number of rotatable bonds is 8. The van der Waals surface area contributed by atoms with E-state index < -0.39 is 10.0 Å². The zero-order valence-corrected chi connectivity index (χ0v) is 24.2. The van der Waals surface area contributed by atoms with Crippen LogP contribution in [0.3, 0.4) is 0 Å². The fourth-order valence-corrected chi connectivity index (χ4v) is 8.81. The van der Waals surface area contributed by atoms with Gasteiger partial charge in [0, 0.05) is 51.4 Å². The van der Waals surface area contributed by atoms with Gasteiger partial charge < -0.3 is 4.57 Å². The molecule has 6 rings (SSSR count). The Labute approximate surface area is 235 Å². The van der Waals surface area contributed by atoms with Crippen LogP contribution in [-0.2, 0) is 30.0 Å². The summed E-state index contributed by atoms with van der Waals surface area (Å²) in [4.78, 5) is 11.3. The Bertz CT molecular complexity index is 1400. The molecule has 1 aliphatic carbocycles. The average Bonchev–Trinajstić information content (AvgIpc) is 3.34. The van der Waals surface area contributed by atoms with E-state index in [9.17, 15) is 8.42 Å². The van der Waals surface area contributed by atoms with Crippen molar-refractivity contribution in [3.63, 3.8) is 0 Å². The minimum absolute atomic E-state index is 0.467. The molecule has 4 heterocycles. The molecule has 2 aromatic heterocycles. The van der Waals surface area contributed by atoms with E-state index in [0.29, 0.717) is 41.3 Å². The molecule has 208 valence electrons. The summed E-state index contributed by atoms with van der Waals surface area (Å²) >= 11 is 1.70. The van der Waals surface area contributed by atoms with E-state index in [1.54, 1.807) is 34.7 Å². The first-order valence-corrected chi connectivity index (χ1v) is 16.5. The van der Waals surface area contributed by atoms with Gasteiger partial charge in [0.25, 0.3) is 0 Å². The van der Waals surface area contributed by atoms with Gasteiger partial charge in [0.2, 0.25) is 10.0 Å². The first-order valence-electron chi connectivity index (χ1n) is 14.1. The van der Waals surface area contributed by atoms with Gasteiger partial charge in [-0.3, -0.25) is 9.88 Å². The molecule has 39 heavy (non-hydrogen) atoms. The molecule has 2 aliphatic heterocycles. The second-order valence-corrected chi connectivity index (χ2v) is 14.1. The Morgan fingerprint density at radius 1 is 1.03 bits per heavy atom. The SMILES string of the molecule is Cn1c(SCCCN2CCc3ccc(S(=O)(=O)N4CCC5CCCCC5C4)cc3C2)nnc1-c1cnccn1. The van der Waals surface area contributed by atoms with Gasteiger partial charge in [0.05, 0.1) is 11.1 Å². The number of hydrogen-bond acceptors (Lipinski definition) is 8. The monoisotopic (exact) mass is 567 g/mol. The summed E-state index contributed by atoms with van der Waals surface area (Å²) in [5.41, 5.74) is 3.15. The van der Waals surface area contributed by atoms with Gasteiger partial charge >= 0.3 is 0 Å². The molecule has 0 amide bonds. The highest BCUT2D eigenvalue weighted by molar-refractivity contribution is 7.99. The Hall–Kier alpha value is -2.34. The van der Waals surface area contributed by atoms with Crippen LogP contribution >= 0.6 is 11.8 Å². The number of piperidine rings is 1. The third-order valence-corrected chi connectivity index (χ3v) is 11.6. The smallest absolute Gasteiger partial charge is 0.243 e. The van der Waals surface area contributed by atoms with Crippen molar-refractivity contribution in [3.05, 3.63) is 47.9 Å². The van der Waals surface area contributed by atoms with Crippen LogP contribution in [0.5, 0.6) is 0 Å². The van der Waals surface area contributed by atoms with Crippen LogP contribution in [0.2, 0.25) is 0 Å². The van der Waals surface area contributed by atoms with Crippen molar-refractivity contribution in [1.82, 2.24) is 33.9 Å². The summed E-state index contributed by atoms with van der Waals surface area (Å²) in [5, 5.41) is 9.49. The number of nitrogens with zero attached hydrogens (tertiary/aromatic N) is 7. The lowest BCUT2D eigenvalue weighted by Crippen LogP contribution is -2.44. The van der Waals surface area contributed by atoms with Gasteiger partial charge in [0.15, 0.2) is 11.0 Å². The molecule has 0 N–H and O–H groups in total. The van der Waals surface area contributed by atoms with E-state index in [2.05, 4.69) is 25.1 Å². The van der Waals surface area contributed by atoms with E-state index in [1.165, 1.54) is 31.2 Å². The van der Waals surface area contributed by atoms with Crippen LogP contribution in [0.4, 0.5) is 0 Å². The highest BCUT2D eigenvalue weighted by atomic mass is 32.2. The Kier molecular flexibility index (Phi) is 8.02. The van der Waals surface area contributed by atoms with Crippen molar-refractivity contribution in [2.75, 3.05) is 31.9 Å². The fraction of sp³-hybridized carbons (Fsp3) is 0.571. The third-order valence-electron chi connectivity index (χ3n) is 8.64. The number of fused-ring (bicyclic) bond motifs is 2. The molecule has 2 fully saturated rings. The predicted molar refractivity (Wildman–Crippen MR) is 152 cm³/mol. The van der Waals surface area contributed by atoms with Gasteiger partial charge in [0.1, 0.15) is 5.69 Å². The summed E-state index contributed by atoms with van der Waals surface area (Å²) in [6.07, 6.45) is 13.0. The molecule has 1 saturated carbocycles. The molecule has 0 spiro atoms. The molecule has 0 bridgehead atoms. The summed E-state index contributed by atoms with van der Waals surface area (Å²) in [5.74, 6) is 2.90. The number of thioether (sulfide) groups is 1. The van der Waals surface area contributed by atoms with Crippen molar-refractivity contribution in [3.8, 4) is 11.5 Å². The molecule has 1 saturated heterocycles. The summed E-state index contributed by atoms with van der Waals surface area (Å²) in [6.45, 7) is 4.12. The van der Waals surface area contributed by atoms with E-state index in [4.69, 9.17) is 0 Å². The number of benzene rings is 1. The predicted octanol–water partition coefficient (Wildman–Crippen LogP) is 4.01.